The second-order valence-corrected chi connectivity index (χ2v) is 4.95. The summed E-state index contributed by atoms with van der Waals surface area (Å²) in [6.07, 6.45) is 2.31. The Bertz CT molecular complexity index is 369. The molecular weight excluding hydrogens is 278 g/mol. The maximum atomic E-state index is 11.6. The van der Waals surface area contributed by atoms with Gasteiger partial charge in [-0.1, -0.05) is 0 Å². The molecule has 0 bridgehead atoms. The van der Waals surface area contributed by atoms with Gasteiger partial charge in [0.1, 0.15) is 6.04 Å². The first-order valence-corrected chi connectivity index (χ1v) is 7.09. The molecule has 2 amide bonds. The van der Waals surface area contributed by atoms with Crippen molar-refractivity contribution in [2.45, 2.75) is 31.7 Å². The van der Waals surface area contributed by atoms with Crippen LogP contribution in [-0.2, 0) is 14.3 Å². The van der Waals surface area contributed by atoms with Crippen LogP contribution in [-0.4, -0.2) is 67.3 Å². The number of likely N-dealkylation sites (tertiary alicyclic amines) is 1. The molecule has 0 unspecified atom stereocenters. The number of carbonyl (C=O) groups excluding carboxylic acids is 2. The number of urea groups is 1. The van der Waals surface area contributed by atoms with Crippen molar-refractivity contribution in [3.8, 4) is 0 Å². The highest BCUT2D eigenvalue weighted by Crippen LogP contribution is 2.05. The van der Waals surface area contributed by atoms with Gasteiger partial charge >= 0.3 is 18.0 Å². The van der Waals surface area contributed by atoms with E-state index >= 15 is 0 Å². The highest BCUT2D eigenvalue weighted by Gasteiger charge is 2.21. The van der Waals surface area contributed by atoms with Crippen LogP contribution in [0, 0.1) is 0 Å². The molecule has 3 N–H and O–H groups in total. The van der Waals surface area contributed by atoms with Crippen molar-refractivity contribution in [3.63, 3.8) is 0 Å². The van der Waals surface area contributed by atoms with E-state index in [2.05, 4.69) is 20.3 Å². The number of hydrogen-bond donors (Lipinski definition) is 3. The Morgan fingerprint density at radius 1 is 1.29 bits per heavy atom. The summed E-state index contributed by atoms with van der Waals surface area (Å²) in [5, 5.41) is 14.0. The van der Waals surface area contributed by atoms with E-state index < -0.39 is 24.0 Å². The van der Waals surface area contributed by atoms with Crippen LogP contribution in [0.2, 0.25) is 0 Å². The highest BCUT2D eigenvalue weighted by atomic mass is 16.5. The number of carboxylic acid groups (broad SMARTS) is 1. The molecule has 21 heavy (non-hydrogen) atoms. The highest BCUT2D eigenvalue weighted by molar-refractivity contribution is 5.83. The van der Waals surface area contributed by atoms with Crippen molar-refractivity contribution in [2.75, 3.05) is 33.3 Å². The van der Waals surface area contributed by atoms with Gasteiger partial charge in [-0.25, -0.2) is 9.59 Å². The van der Waals surface area contributed by atoms with Crippen LogP contribution in [0.25, 0.3) is 0 Å². The molecule has 0 radical (unpaired) electrons. The lowest BCUT2D eigenvalue weighted by Crippen LogP contribution is -2.47. The average Bonchev–Trinajstić information content (AvgIpc) is 2.95. The van der Waals surface area contributed by atoms with Crippen LogP contribution in [0.4, 0.5) is 4.79 Å². The minimum absolute atomic E-state index is 0.00154. The number of amides is 2. The second kappa shape index (κ2) is 9.17. The van der Waals surface area contributed by atoms with E-state index in [0.717, 1.165) is 19.6 Å². The predicted octanol–water partition coefficient (Wildman–Crippen LogP) is -0.212. The van der Waals surface area contributed by atoms with Gasteiger partial charge in [0, 0.05) is 19.5 Å². The number of esters is 1. The van der Waals surface area contributed by atoms with Gasteiger partial charge in [0.15, 0.2) is 0 Å². The van der Waals surface area contributed by atoms with E-state index in [0.29, 0.717) is 6.54 Å². The third-order valence-electron chi connectivity index (χ3n) is 3.38. The van der Waals surface area contributed by atoms with E-state index in [4.69, 9.17) is 5.11 Å². The van der Waals surface area contributed by atoms with E-state index in [-0.39, 0.29) is 12.8 Å². The van der Waals surface area contributed by atoms with Gasteiger partial charge in [0.25, 0.3) is 0 Å². The number of nitrogens with one attached hydrogen (secondary N) is 2. The SMILES string of the molecule is COC(=O)CC[C@H](NC(=O)NCCN1CCCC1)C(=O)O. The molecule has 1 atom stereocenters. The van der Waals surface area contributed by atoms with Crippen LogP contribution in [0.3, 0.4) is 0 Å². The maximum Gasteiger partial charge on any atom is 0.326 e. The van der Waals surface area contributed by atoms with Crippen LogP contribution in [0.15, 0.2) is 0 Å². The smallest absolute Gasteiger partial charge is 0.326 e. The molecule has 8 heteroatoms. The Balaban J connectivity index is 2.24. The van der Waals surface area contributed by atoms with Crippen molar-refractivity contribution in [2.24, 2.45) is 0 Å². The Labute approximate surface area is 123 Å². The Morgan fingerprint density at radius 3 is 2.52 bits per heavy atom. The first-order valence-electron chi connectivity index (χ1n) is 7.09. The van der Waals surface area contributed by atoms with Gasteiger partial charge < -0.3 is 25.4 Å². The lowest BCUT2D eigenvalue weighted by molar-refractivity contribution is -0.142. The monoisotopic (exact) mass is 301 g/mol. The number of nitrogens with zero attached hydrogens (tertiary/aromatic N) is 1. The molecule has 1 saturated heterocycles. The minimum atomic E-state index is -1.17. The third kappa shape index (κ3) is 6.94. The van der Waals surface area contributed by atoms with Crippen LogP contribution in [0.1, 0.15) is 25.7 Å². The van der Waals surface area contributed by atoms with Crippen molar-refractivity contribution >= 4 is 18.0 Å². The topological polar surface area (TPSA) is 108 Å². The standard InChI is InChI=1S/C13H23N3O5/c1-21-11(17)5-4-10(12(18)19)15-13(20)14-6-9-16-7-2-3-8-16/h10H,2-9H2,1H3,(H,18,19)(H2,14,15,20)/t10-/m0/s1. The molecule has 1 fully saturated rings. The lowest BCUT2D eigenvalue weighted by Gasteiger charge is -2.17. The van der Waals surface area contributed by atoms with Gasteiger partial charge in [-0.05, 0) is 32.4 Å². The fourth-order valence-corrected chi connectivity index (χ4v) is 2.16. The fraction of sp³-hybridized carbons (Fsp3) is 0.769. The van der Waals surface area contributed by atoms with E-state index in [1.54, 1.807) is 0 Å². The molecule has 8 nitrogen and oxygen atoms in total. The average molecular weight is 301 g/mol. The summed E-state index contributed by atoms with van der Waals surface area (Å²) in [6.45, 7) is 3.31. The number of carboxylic acids is 1. The lowest BCUT2D eigenvalue weighted by atomic mass is 10.1. The fourth-order valence-electron chi connectivity index (χ4n) is 2.16. The summed E-state index contributed by atoms with van der Waals surface area (Å²) in [6, 6.07) is -1.64. The summed E-state index contributed by atoms with van der Waals surface area (Å²) < 4.78 is 4.44. The van der Waals surface area contributed by atoms with Crippen LogP contribution in [0.5, 0.6) is 0 Å². The zero-order valence-electron chi connectivity index (χ0n) is 12.3. The summed E-state index contributed by atoms with van der Waals surface area (Å²) in [4.78, 5) is 35.9. The van der Waals surface area contributed by atoms with Crippen LogP contribution >= 0.6 is 0 Å². The molecule has 1 aliphatic rings. The summed E-state index contributed by atoms with van der Waals surface area (Å²) >= 11 is 0. The van der Waals surface area contributed by atoms with Gasteiger partial charge in [-0.3, -0.25) is 4.79 Å². The predicted molar refractivity (Wildman–Crippen MR) is 74.9 cm³/mol. The molecule has 0 aromatic carbocycles. The van der Waals surface area contributed by atoms with Gasteiger partial charge in [-0.2, -0.15) is 0 Å². The van der Waals surface area contributed by atoms with E-state index in [9.17, 15) is 14.4 Å². The second-order valence-electron chi connectivity index (χ2n) is 4.95. The Kier molecular flexibility index (Phi) is 7.52. The minimum Gasteiger partial charge on any atom is -0.480 e. The molecule has 120 valence electrons. The summed E-state index contributed by atoms with van der Waals surface area (Å²) in [5.74, 6) is -1.67. The molecular formula is C13H23N3O5. The van der Waals surface area contributed by atoms with Gasteiger partial charge in [0.05, 0.1) is 7.11 Å². The zero-order chi connectivity index (χ0) is 15.7. The van der Waals surface area contributed by atoms with Crippen molar-refractivity contribution in [1.29, 1.82) is 0 Å². The zero-order valence-corrected chi connectivity index (χ0v) is 12.3. The number of rotatable bonds is 8. The molecule has 1 heterocycles. The first kappa shape index (κ1) is 17.2. The van der Waals surface area contributed by atoms with Crippen molar-refractivity contribution in [3.05, 3.63) is 0 Å². The van der Waals surface area contributed by atoms with Crippen molar-refractivity contribution in [1.82, 2.24) is 15.5 Å². The molecule has 0 saturated carbocycles. The number of carbonyl (C=O) groups is 3. The number of hydrogen-bond acceptors (Lipinski definition) is 5. The molecule has 1 rings (SSSR count). The molecule has 1 aliphatic heterocycles. The third-order valence-corrected chi connectivity index (χ3v) is 3.38. The Morgan fingerprint density at radius 2 is 1.95 bits per heavy atom. The molecule has 0 spiro atoms. The molecule has 0 aromatic rings. The quantitative estimate of drug-likeness (QED) is 0.535. The number of ether oxygens (including phenoxy) is 1. The van der Waals surface area contributed by atoms with E-state index in [1.165, 1.54) is 20.0 Å². The summed E-state index contributed by atoms with van der Waals surface area (Å²) in [5.41, 5.74) is 0. The van der Waals surface area contributed by atoms with Gasteiger partial charge in [0.2, 0.25) is 0 Å². The van der Waals surface area contributed by atoms with Gasteiger partial charge in [-0.15, -0.1) is 0 Å². The van der Waals surface area contributed by atoms with Crippen molar-refractivity contribution < 1.29 is 24.2 Å². The summed E-state index contributed by atoms with van der Waals surface area (Å²) in [7, 11) is 1.23. The van der Waals surface area contributed by atoms with Crippen LogP contribution < -0.4 is 10.6 Å². The maximum absolute atomic E-state index is 11.6. The molecule has 0 aliphatic carbocycles. The molecule has 0 aromatic heterocycles. The number of aliphatic carboxylic acids is 1. The van der Waals surface area contributed by atoms with E-state index in [1.807, 2.05) is 0 Å². The number of methoxy groups -OCH3 is 1. The Hall–Kier alpha value is -1.83. The largest absolute Gasteiger partial charge is 0.480 e. The first-order chi connectivity index (χ1) is 10.0. The normalized spacial score (nSPS) is 16.2.